The molecule has 1 heterocycles. The number of methoxy groups -OCH3 is 1. The molecule has 9 nitrogen and oxygen atoms in total. The van der Waals surface area contributed by atoms with Crippen molar-refractivity contribution in [2.45, 2.75) is 6.92 Å². The zero-order valence-electron chi connectivity index (χ0n) is 19.9. The fourth-order valence-electron chi connectivity index (χ4n) is 3.59. The molecule has 10 heteroatoms. The number of nitrogens with zero attached hydrogens (tertiary/aromatic N) is 1. The van der Waals surface area contributed by atoms with E-state index in [2.05, 4.69) is 10.6 Å². The Bertz CT molecular complexity index is 1420. The van der Waals surface area contributed by atoms with Gasteiger partial charge in [0.05, 0.1) is 25.0 Å². The maximum absolute atomic E-state index is 13.1. The number of nitrogens with one attached hydrogen (secondary N) is 2. The van der Waals surface area contributed by atoms with Gasteiger partial charge in [-0.05, 0) is 61.5 Å². The third-order valence-corrected chi connectivity index (χ3v) is 5.74. The predicted molar refractivity (Wildman–Crippen MR) is 139 cm³/mol. The van der Waals surface area contributed by atoms with Crippen LogP contribution in [-0.4, -0.2) is 37.4 Å². The van der Waals surface area contributed by atoms with Crippen molar-refractivity contribution in [3.8, 4) is 5.75 Å². The summed E-state index contributed by atoms with van der Waals surface area (Å²) in [6.07, 6.45) is 0. The summed E-state index contributed by atoms with van der Waals surface area (Å²) < 4.78 is 10.1. The molecule has 2 N–H and O–H groups in total. The number of ether oxygens (including phenoxy) is 2. The number of esters is 1. The van der Waals surface area contributed by atoms with Crippen molar-refractivity contribution in [3.05, 3.63) is 94.7 Å². The molecular formula is C27H22ClN3O6. The highest BCUT2D eigenvalue weighted by Gasteiger charge is 2.39. The van der Waals surface area contributed by atoms with Gasteiger partial charge in [-0.15, -0.1) is 0 Å². The van der Waals surface area contributed by atoms with Gasteiger partial charge >= 0.3 is 5.97 Å². The Morgan fingerprint density at radius 1 is 0.892 bits per heavy atom. The van der Waals surface area contributed by atoms with Crippen molar-refractivity contribution in [2.24, 2.45) is 0 Å². The van der Waals surface area contributed by atoms with Crippen molar-refractivity contribution in [1.29, 1.82) is 0 Å². The summed E-state index contributed by atoms with van der Waals surface area (Å²) in [6, 6.07) is 19.1. The Balaban J connectivity index is 1.50. The van der Waals surface area contributed by atoms with E-state index in [0.717, 1.165) is 4.90 Å². The molecule has 0 saturated heterocycles. The molecule has 1 aliphatic heterocycles. The number of anilines is 3. The number of benzene rings is 3. The van der Waals surface area contributed by atoms with E-state index < -0.39 is 17.8 Å². The summed E-state index contributed by atoms with van der Waals surface area (Å²) in [5.74, 6) is -1.69. The van der Waals surface area contributed by atoms with Crippen LogP contribution in [0.5, 0.6) is 5.75 Å². The molecule has 0 radical (unpaired) electrons. The van der Waals surface area contributed by atoms with E-state index in [1.807, 2.05) is 0 Å². The SMILES string of the molecule is CCOC(=O)c1ccc(N2C(=O)C(Cl)=C(Nc3cccc(C(=O)Nc4cccc(OC)c4)c3)C2=O)cc1. The number of rotatable bonds is 8. The van der Waals surface area contributed by atoms with Gasteiger partial charge < -0.3 is 20.1 Å². The van der Waals surface area contributed by atoms with Gasteiger partial charge in [0.2, 0.25) is 0 Å². The van der Waals surface area contributed by atoms with E-state index in [0.29, 0.717) is 22.7 Å². The second-order valence-electron chi connectivity index (χ2n) is 7.79. The van der Waals surface area contributed by atoms with Gasteiger partial charge in [0.25, 0.3) is 17.7 Å². The first-order valence-corrected chi connectivity index (χ1v) is 11.6. The summed E-state index contributed by atoms with van der Waals surface area (Å²) in [4.78, 5) is 51.4. The molecule has 3 aromatic carbocycles. The van der Waals surface area contributed by atoms with Gasteiger partial charge in [0, 0.05) is 23.0 Å². The standard InChI is InChI=1S/C27H22ClN3O6/c1-3-37-27(35)16-10-12-20(13-11-16)31-25(33)22(28)23(26(31)34)29-18-7-4-6-17(14-18)24(32)30-19-8-5-9-21(15-19)36-2/h4-15,29H,3H2,1-2H3,(H,30,32). The fraction of sp³-hybridized carbons (Fsp3) is 0.111. The second-order valence-corrected chi connectivity index (χ2v) is 8.17. The number of carbonyl (C=O) groups is 4. The molecule has 0 atom stereocenters. The third kappa shape index (κ3) is 5.46. The average Bonchev–Trinajstić information content (AvgIpc) is 3.12. The van der Waals surface area contributed by atoms with Crippen LogP contribution in [0.25, 0.3) is 0 Å². The number of halogens is 1. The minimum absolute atomic E-state index is 0.133. The molecule has 3 amide bonds. The molecule has 188 valence electrons. The first-order valence-electron chi connectivity index (χ1n) is 11.2. The van der Waals surface area contributed by atoms with Crippen molar-refractivity contribution < 1.29 is 28.7 Å². The Morgan fingerprint density at radius 2 is 1.59 bits per heavy atom. The highest BCUT2D eigenvalue weighted by molar-refractivity contribution is 6.53. The number of hydrogen-bond donors (Lipinski definition) is 2. The van der Waals surface area contributed by atoms with Crippen LogP contribution in [0.4, 0.5) is 17.1 Å². The van der Waals surface area contributed by atoms with Gasteiger partial charge in [-0.2, -0.15) is 0 Å². The lowest BCUT2D eigenvalue weighted by atomic mass is 10.1. The number of imide groups is 1. The summed E-state index contributed by atoms with van der Waals surface area (Å²) in [7, 11) is 1.53. The molecule has 0 bridgehead atoms. The van der Waals surface area contributed by atoms with E-state index in [1.165, 1.54) is 37.4 Å². The normalized spacial score (nSPS) is 13.0. The first kappa shape index (κ1) is 25.5. The van der Waals surface area contributed by atoms with Gasteiger partial charge in [0.15, 0.2) is 0 Å². The summed E-state index contributed by atoms with van der Waals surface area (Å²) in [6.45, 7) is 1.92. The molecule has 3 aromatic rings. The molecule has 0 aliphatic carbocycles. The van der Waals surface area contributed by atoms with Gasteiger partial charge in [-0.25, -0.2) is 9.69 Å². The topological polar surface area (TPSA) is 114 Å². The Morgan fingerprint density at radius 3 is 2.30 bits per heavy atom. The van der Waals surface area contributed by atoms with Gasteiger partial charge in [-0.3, -0.25) is 14.4 Å². The number of amides is 3. The molecule has 0 unspecified atom stereocenters. The maximum atomic E-state index is 13.1. The molecule has 0 fully saturated rings. The Labute approximate surface area is 217 Å². The maximum Gasteiger partial charge on any atom is 0.338 e. The van der Waals surface area contributed by atoms with E-state index in [1.54, 1.807) is 49.4 Å². The monoisotopic (exact) mass is 519 g/mol. The van der Waals surface area contributed by atoms with Crippen LogP contribution in [0.3, 0.4) is 0 Å². The molecule has 37 heavy (non-hydrogen) atoms. The molecule has 1 aliphatic rings. The quantitative estimate of drug-likeness (QED) is 0.331. The molecule has 0 saturated carbocycles. The largest absolute Gasteiger partial charge is 0.497 e. The lowest BCUT2D eigenvalue weighted by molar-refractivity contribution is -0.120. The number of hydrogen-bond acceptors (Lipinski definition) is 7. The lowest BCUT2D eigenvalue weighted by Crippen LogP contribution is -2.32. The van der Waals surface area contributed by atoms with E-state index in [9.17, 15) is 19.2 Å². The second kappa shape index (κ2) is 11.0. The minimum atomic E-state index is -0.718. The van der Waals surface area contributed by atoms with Crippen LogP contribution in [0.15, 0.2) is 83.5 Å². The Hall–Kier alpha value is -4.63. The summed E-state index contributed by atoms with van der Waals surface area (Å²) in [5, 5.41) is 5.34. The lowest BCUT2D eigenvalue weighted by Gasteiger charge is -2.15. The first-order chi connectivity index (χ1) is 17.8. The average molecular weight is 520 g/mol. The van der Waals surface area contributed by atoms with Crippen molar-refractivity contribution in [2.75, 3.05) is 29.3 Å². The highest BCUT2D eigenvalue weighted by atomic mass is 35.5. The molecular weight excluding hydrogens is 498 g/mol. The van der Waals surface area contributed by atoms with Crippen LogP contribution in [-0.2, 0) is 14.3 Å². The number of carbonyl (C=O) groups excluding carboxylic acids is 4. The van der Waals surface area contributed by atoms with Crippen LogP contribution in [0, 0.1) is 0 Å². The van der Waals surface area contributed by atoms with E-state index in [4.69, 9.17) is 21.1 Å². The predicted octanol–water partition coefficient (Wildman–Crippen LogP) is 4.56. The van der Waals surface area contributed by atoms with Gasteiger partial charge in [0.1, 0.15) is 16.5 Å². The molecule has 4 rings (SSSR count). The summed E-state index contributed by atoms with van der Waals surface area (Å²) in [5.41, 5.74) is 1.64. The van der Waals surface area contributed by atoms with Crippen molar-refractivity contribution in [1.82, 2.24) is 0 Å². The van der Waals surface area contributed by atoms with Crippen LogP contribution < -0.4 is 20.3 Å². The molecule has 0 aromatic heterocycles. The van der Waals surface area contributed by atoms with Crippen LogP contribution in [0.2, 0.25) is 0 Å². The van der Waals surface area contributed by atoms with Crippen LogP contribution in [0.1, 0.15) is 27.6 Å². The van der Waals surface area contributed by atoms with Crippen LogP contribution >= 0.6 is 11.6 Å². The highest BCUT2D eigenvalue weighted by Crippen LogP contribution is 2.30. The van der Waals surface area contributed by atoms with Gasteiger partial charge in [-0.1, -0.05) is 23.7 Å². The van der Waals surface area contributed by atoms with Crippen molar-refractivity contribution in [3.63, 3.8) is 0 Å². The zero-order chi connectivity index (χ0) is 26.5. The Kier molecular flexibility index (Phi) is 7.55. The van der Waals surface area contributed by atoms with E-state index >= 15 is 0 Å². The molecule has 0 spiro atoms. The fourth-order valence-corrected chi connectivity index (χ4v) is 3.81. The van der Waals surface area contributed by atoms with E-state index in [-0.39, 0.29) is 34.5 Å². The van der Waals surface area contributed by atoms with Crippen molar-refractivity contribution >= 4 is 52.4 Å². The minimum Gasteiger partial charge on any atom is -0.497 e. The smallest absolute Gasteiger partial charge is 0.338 e. The zero-order valence-corrected chi connectivity index (χ0v) is 20.7. The summed E-state index contributed by atoms with van der Waals surface area (Å²) >= 11 is 6.22. The third-order valence-electron chi connectivity index (χ3n) is 5.39.